The molecule has 2 aromatic rings. The van der Waals surface area contributed by atoms with Gasteiger partial charge < -0.3 is 4.84 Å². The van der Waals surface area contributed by atoms with Gasteiger partial charge in [-0.15, -0.1) is 0 Å². The van der Waals surface area contributed by atoms with Gasteiger partial charge in [0.15, 0.2) is 5.75 Å². The summed E-state index contributed by atoms with van der Waals surface area (Å²) in [5.41, 5.74) is 1.01. The lowest BCUT2D eigenvalue weighted by Gasteiger charge is -2.03. The largest absolute Gasteiger partial charge is 0.357 e. The van der Waals surface area contributed by atoms with E-state index in [1.54, 1.807) is 25.1 Å². The van der Waals surface area contributed by atoms with Gasteiger partial charge in [-0.1, -0.05) is 19.0 Å². The summed E-state index contributed by atoms with van der Waals surface area (Å²) in [5.74, 6) is -0.541. The van der Waals surface area contributed by atoms with Gasteiger partial charge in [0.1, 0.15) is 11.9 Å². The number of halogens is 1. The van der Waals surface area contributed by atoms with Gasteiger partial charge in [-0.3, -0.25) is 10.1 Å². The van der Waals surface area contributed by atoms with E-state index in [2.05, 4.69) is 5.16 Å². The van der Waals surface area contributed by atoms with Crippen molar-refractivity contribution in [2.45, 2.75) is 20.8 Å². The molecule has 0 spiro atoms. The van der Waals surface area contributed by atoms with Crippen molar-refractivity contribution in [1.29, 1.82) is 5.26 Å². The first kappa shape index (κ1) is 18.8. The average molecular weight is 329 g/mol. The summed E-state index contributed by atoms with van der Waals surface area (Å²) in [4.78, 5) is 15.2. The first-order valence-corrected chi connectivity index (χ1v) is 7.17. The highest BCUT2D eigenvalue weighted by Crippen LogP contribution is 2.17. The lowest BCUT2D eigenvalue weighted by molar-refractivity contribution is -0.384. The second-order valence-corrected chi connectivity index (χ2v) is 4.33. The third kappa shape index (κ3) is 4.88. The number of nitro benzene ring substituents is 1. The van der Waals surface area contributed by atoms with E-state index in [0.29, 0.717) is 11.3 Å². The second-order valence-electron chi connectivity index (χ2n) is 4.33. The van der Waals surface area contributed by atoms with Crippen molar-refractivity contribution < 1.29 is 14.2 Å². The van der Waals surface area contributed by atoms with Gasteiger partial charge in [0.25, 0.3) is 5.69 Å². The summed E-state index contributed by atoms with van der Waals surface area (Å²) < 4.78 is 13.4. The molecule has 0 aliphatic rings. The fourth-order valence-corrected chi connectivity index (χ4v) is 1.64. The minimum Gasteiger partial charge on any atom is -0.357 e. The molecule has 0 heterocycles. The molecular formula is C17H16FN3O3. The maximum Gasteiger partial charge on any atom is 0.269 e. The number of nitro groups is 1. The van der Waals surface area contributed by atoms with Crippen LogP contribution in [0.1, 0.15) is 31.9 Å². The van der Waals surface area contributed by atoms with E-state index in [-0.39, 0.29) is 17.0 Å². The number of hydrogen-bond donors (Lipinski definition) is 0. The van der Waals surface area contributed by atoms with Crippen LogP contribution in [0.15, 0.2) is 47.6 Å². The first-order chi connectivity index (χ1) is 11.5. The molecule has 0 atom stereocenters. The van der Waals surface area contributed by atoms with Crippen molar-refractivity contribution in [2.75, 3.05) is 0 Å². The number of non-ortho nitro benzene ring substituents is 1. The molecule has 24 heavy (non-hydrogen) atoms. The standard InChI is InChI=1S/C15H10FN3O3.C2H6/c1-10(11-2-5-13(6-3-11)19(20)21)18-22-14-7-4-12(9-17)15(16)8-14;1-2/h2-8H,1H3;1-2H3/b18-10-;. The van der Waals surface area contributed by atoms with Gasteiger partial charge in [0.2, 0.25) is 0 Å². The molecule has 0 radical (unpaired) electrons. The van der Waals surface area contributed by atoms with Crippen molar-refractivity contribution in [3.8, 4) is 11.8 Å². The predicted octanol–water partition coefficient (Wildman–Crippen LogP) is 4.43. The van der Waals surface area contributed by atoms with Gasteiger partial charge in [0, 0.05) is 18.2 Å². The van der Waals surface area contributed by atoms with E-state index in [9.17, 15) is 14.5 Å². The van der Waals surface area contributed by atoms with Gasteiger partial charge in [-0.2, -0.15) is 5.26 Å². The molecule has 2 rings (SSSR count). The molecule has 0 N–H and O–H groups in total. The minimum atomic E-state index is -0.691. The smallest absolute Gasteiger partial charge is 0.269 e. The number of oxime groups is 1. The summed E-state index contributed by atoms with van der Waals surface area (Å²) in [7, 11) is 0. The Morgan fingerprint density at radius 2 is 1.88 bits per heavy atom. The van der Waals surface area contributed by atoms with Gasteiger partial charge >= 0.3 is 0 Å². The normalized spacial score (nSPS) is 10.2. The Morgan fingerprint density at radius 3 is 2.38 bits per heavy atom. The van der Waals surface area contributed by atoms with E-state index in [1.807, 2.05) is 13.8 Å². The molecule has 0 aliphatic heterocycles. The van der Waals surface area contributed by atoms with Crippen LogP contribution in [0.4, 0.5) is 10.1 Å². The second kappa shape index (κ2) is 9.00. The molecule has 0 unspecified atom stereocenters. The average Bonchev–Trinajstić information content (AvgIpc) is 2.61. The Bertz CT molecular complexity index is 781. The quantitative estimate of drug-likeness (QED) is 0.471. The third-order valence-electron chi connectivity index (χ3n) is 2.84. The van der Waals surface area contributed by atoms with Gasteiger partial charge in [-0.05, 0) is 36.8 Å². The Morgan fingerprint density at radius 1 is 1.25 bits per heavy atom. The predicted molar refractivity (Wildman–Crippen MR) is 88.4 cm³/mol. The summed E-state index contributed by atoms with van der Waals surface area (Å²) in [5, 5.41) is 23.0. The van der Waals surface area contributed by atoms with Gasteiger partial charge in [-0.25, -0.2) is 4.39 Å². The van der Waals surface area contributed by atoms with Crippen molar-refractivity contribution in [1.82, 2.24) is 0 Å². The van der Waals surface area contributed by atoms with Crippen LogP contribution in [0.5, 0.6) is 5.75 Å². The summed E-state index contributed by atoms with van der Waals surface area (Å²) >= 11 is 0. The molecule has 0 saturated heterocycles. The molecule has 7 heteroatoms. The van der Waals surface area contributed by atoms with Crippen LogP contribution >= 0.6 is 0 Å². The molecule has 0 aromatic heterocycles. The lowest BCUT2D eigenvalue weighted by Crippen LogP contribution is -1.98. The van der Waals surface area contributed by atoms with E-state index in [1.165, 1.54) is 24.3 Å². The number of nitriles is 1. The molecule has 0 bridgehead atoms. The van der Waals surface area contributed by atoms with Crippen LogP contribution in [-0.4, -0.2) is 10.6 Å². The van der Waals surface area contributed by atoms with Crippen LogP contribution in [0.3, 0.4) is 0 Å². The highest BCUT2D eigenvalue weighted by Gasteiger charge is 2.07. The van der Waals surface area contributed by atoms with E-state index in [0.717, 1.165) is 6.07 Å². The molecule has 0 aliphatic carbocycles. The van der Waals surface area contributed by atoms with Crippen LogP contribution < -0.4 is 4.84 Å². The molecule has 6 nitrogen and oxygen atoms in total. The number of benzene rings is 2. The van der Waals surface area contributed by atoms with Gasteiger partial charge in [0.05, 0.1) is 16.2 Å². The van der Waals surface area contributed by atoms with Crippen molar-refractivity contribution in [2.24, 2.45) is 5.16 Å². The maximum absolute atomic E-state index is 13.4. The van der Waals surface area contributed by atoms with Crippen molar-refractivity contribution in [3.05, 3.63) is 69.5 Å². The highest BCUT2D eigenvalue weighted by atomic mass is 19.1. The third-order valence-corrected chi connectivity index (χ3v) is 2.84. The zero-order valence-electron chi connectivity index (χ0n) is 13.5. The Balaban J connectivity index is 0.00000139. The van der Waals surface area contributed by atoms with Crippen molar-refractivity contribution in [3.63, 3.8) is 0 Å². The topological polar surface area (TPSA) is 88.5 Å². The zero-order valence-corrected chi connectivity index (χ0v) is 13.5. The summed E-state index contributed by atoms with van der Waals surface area (Å²) in [6.07, 6.45) is 0. The highest BCUT2D eigenvalue weighted by molar-refractivity contribution is 5.98. The summed E-state index contributed by atoms with van der Waals surface area (Å²) in [6.45, 7) is 5.65. The fraction of sp³-hybridized carbons (Fsp3) is 0.176. The number of hydrogen-bond acceptors (Lipinski definition) is 5. The Hall–Kier alpha value is -3.27. The van der Waals surface area contributed by atoms with Crippen LogP contribution in [0, 0.1) is 27.3 Å². The molecule has 0 fully saturated rings. The van der Waals surface area contributed by atoms with E-state index in [4.69, 9.17) is 10.1 Å². The molecule has 0 amide bonds. The Labute approximate surface area is 138 Å². The summed E-state index contributed by atoms with van der Waals surface area (Å²) in [6, 6.07) is 11.3. The SMILES string of the molecule is C/C(=N/Oc1ccc(C#N)c(F)c1)c1ccc([N+](=O)[O-])cc1.CC. The number of nitrogens with zero attached hydrogens (tertiary/aromatic N) is 3. The first-order valence-electron chi connectivity index (χ1n) is 7.17. The Kier molecular flexibility index (Phi) is 7.04. The lowest BCUT2D eigenvalue weighted by atomic mass is 10.1. The van der Waals surface area contributed by atoms with E-state index >= 15 is 0 Å². The minimum absolute atomic E-state index is 0.0216. The van der Waals surface area contributed by atoms with Crippen LogP contribution in [0.25, 0.3) is 0 Å². The molecule has 2 aromatic carbocycles. The van der Waals surface area contributed by atoms with Crippen LogP contribution in [0.2, 0.25) is 0 Å². The maximum atomic E-state index is 13.4. The number of rotatable bonds is 4. The molecular weight excluding hydrogens is 313 g/mol. The molecule has 124 valence electrons. The monoisotopic (exact) mass is 329 g/mol. The van der Waals surface area contributed by atoms with Crippen LogP contribution in [-0.2, 0) is 0 Å². The zero-order chi connectivity index (χ0) is 18.1. The van der Waals surface area contributed by atoms with Crippen molar-refractivity contribution >= 4 is 11.4 Å². The fourth-order valence-electron chi connectivity index (χ4n) is 1.64. The van der Waals surface area contributed by atoms with E-state index < -0.39 is 10.7 Å². The molecule has 0 saturated carbocycles.